The van der Waals surface area contributed by atoms with E-state index in [2.05, 4.69) is 37.9 Å². The van der Waals surface area contributed by atoms with E-state index in [9.17, 15) is 5.11 Å². The van der Waals surface area contributed by atoms with Gasteiger partial charge in [0, 0.05) is 31.1 Å². The number of aliphatic hydroxyl groups excluding tert-OH is 1. The van der Waals surface area contributed by atoms with Crippen molar-refractivity contribution < 1.29 is 9.84 Å². The zero-order valence-corrected chi connectivity index (χ0v) is 14.5. The molecule has 1 saturated carbocycles. The number of hydrogen-bond donors (Lipinski definition) is 2. The van der Waals surface area contributed by atoms with Gasteiger partial charge in [-0.15, -0.1) is 0 Å². The van der Waals surface area contributed by atoms with E-state index in [4.69, 9.17) is 4.74 Å². The quantitative estimate of drug-likeness (QED) is 0.787. The Balaban J connectivity index is 2.13. The zero-order valence-electron chi connectivity index (χ0n) is 14.5. The van der Waals surface area contributed by atoms with Crippen LogP contribution < -0.4 is 5.32 Å². The van der Waals surface area contributed by atoms with Crippen molar-refractivity contribution in [1.29, 1.82) is 0 Å². The van der Waals surface area contributed by atoms with Crippen LogP contribution in [0.4, 0.5) is 0 Å². The molecule has 1 heterocycles. The lowest BCUT2D eigenvalue weighted by Crippen LogP contribution is -2.51. The van der Waals surface area contributed by atoms with Gasteiger partial charge in [0.1, 0.15) is 0 Å². The summed E-state index contributed by atoms with van der Waals surface area (Å²) in [7, 11) is 2.04. The second-order valence-corrected chi connectivity index (χ2v) is 7.84. The molecule has 0 aromatic rings. The summed E-state index contributed by atoms with van der Waals surface area (Å²) < 4.78 is 6.34. The van der Waals surface area contributed by atoms with Gasteiger partial charge in [0.15, 0.2) is 0 Å². The molecule has 2 atom stereocenters. The first-order valence-corrected chi connectivity index (χ1v) is 8.54. The van der Waals surface area contributed by atoms with Crippen molar-refractivity contribution in [2.75, 3.05) is 26.7 Å². The van der Waals surface area contributed by atoms with Crippen LogP contribution in [0.2, 0.25) is 0 Å². The van der Waals surface area contributed by atoms with E-state index in [1.54, 1.807) is 0 Å². The van der Waals surface area contributed by atoms with Crippen molar-refractivity contribution >= 4 is 0 Å². The summed E-state index contributed by atoms with van der Waals surface area (Å²) in [4.78, 5) is 2.51. The maximum atomic E-state index is 9.44. The van der Waals surface area contributed by atoms with Gasteiger partial charge in [0.25, 0.3) is 0 Å². The van der Waals surface area contributed by atoms with E-state index in [1.807, 2.05) is 7.05 Å². The van der Waals surface area contributed by atoms with Crippen molar-refractivity contribution in [2.24, 2.45) is 5.92 Å². The normalized spacial score (nSPS) is 32.1. The number of likely N-dealkylation sites (N-methyl/N-ethyl adjacent to an activating group) is 1. The molecule has 0 bridgehead atoms. The Hall–Kier alpha value is -0.160. The van der Waals surface area contributed by atoms with Gasteiger partial charge in [-0.25, -0.2) is 0 Å². The third kappa shape index (κ3) is 3.61. The number of rotatable bonds is 6. The van der Waals surface area contributed by atoms with Gasteiger partial charge >= 0.3 is 0 Å². The van der Waals surface area contributed by atoms with Crippen LogP contribution >= 0.6 is 0 Å². The molecular formula is C17H34N2O2. The van der Waals surface area contributed by atoms with Gasteiger partial charge in [-0.3, -0.25) is 4.90 Å². The molecule has 2 unspecified atom stereocenters. The number of aliphatic hydroxyl groups is 1. The summed E-state index contributed by atoms with van der Waals surface area (Å²) in [6.45, 7) is 10.8. The predicted molar refractivity (Wildman–Crippen MR) is 86.5 cm³/mol. The lowest BCUT2D eigenvalue weighted by atomic mass is 9.82. The summed E-state index contributed by atoms with van der Waals surface area (Å²) in [5, 5.41) is 12.9. The highest BCUT2D eigenvalue weighted by Crippen LogP contribution is 2.43. The number of nitrogens with one attached hydrogen (secondary N) is 1. The highest BCUT2D eigenvalue weighted by atomic mass is 16.5. The fourth-order valence-corrected chi connectivity index (χ4v) is 4.65. The van der Waals surface area contributed by atoms with Crippen LogP contribution in [0.3, 0.4) is 0 Å². The standard InChI is InChI=1S/C17H34N2O2/c1-16(2)14(15(18-5)17(3,4)21-16)12-19(10-11-20)13-8-6-7-9-13/h13-15,18,20H,6-12H2,1-5H3. The molecule has 2 rings (SSSR count). The number of ether oxygens (including phenoxy) is 1. The summed E-state index contributed by atoms with van der Waals surface area (Å²) in [6.07, 6.45) is 5.22. The smallest absolute Gasteiger partial charge is 0.0790 e. The Labute approximate surface area is 130 Å². The van der Waals surface area contributed by atoms with E-state index in [-0.39, 0.29) is 17.8 Å². The van der Waals surface area contributed by atoms with E-state index < -0.39 is 0 Å². The van der Waals surface area contributed by atoms with Crippen LogP contribution in [0.15, 0.2) is 0 Å². The number of nitrogens with zero attached hydrogens (tertiary/aromatic N) is 1. The van der Waals surface area contributed by atoms with Crippen LogP contribution in [0.5, 0.6) is 0 Å². The van der Waals surface area contributed by atoms with Crippen molar-refractivity contribution in [3.05, 3.63) is 0 Å². The molecule has 0 amide bonds. The molecule has 1 aliphatic carbocycles. The van der Waals surface area contributed by atoms with Crippen LogP contribution in [-0.2, 0) is 4.74 Å². The number of hydrogen-bond acceptors (Lipinski definition) is 4. The Kier molecular flexibility index (Phi) is 5.35. The third-order valence-corrected chi connectivity index (χ3v) is 5.54. The molecule has 0 aromatic carbocycles. The molecule has 124 valence electrons. The second-order valence-electron chi connectivity index (χ2n) is 7.84. The van der Waals surface area contributed by atoms with Gasteiger partial charge in [-0.2, -0.15) is 0 Å². The molecule has 2 fully saturated rings. The maximum absolute atomic E-state index is 9.44. The van der Waals surface area contributed by atoms with Gasteiger partial charge in [0.05, 0.1) is 17.8 Å². The van der Waals surface area contributed by atoms with Crippen LogP contribution in [0, 0.1) is 5.92 Å². The molecule has 1 aliphatic heterocycles. The second kappa shape index (κ2) is 6.53. The van der Waals surface area contributed by atoms with Crippen molar-refractivity contribution in [2.45, 2.75) is 76.7 Å². The first kappa shape index (κ1) is 17.2. The van der Waals surface area contributed by atoms with Crippen molar-refractivity contribution in [3.8, 4) is 0 Å². The maximum Gasteiger partial charge on any atom is 0.0790 e. The molecule has 0 spiro atoms. The fraction of sp³-hybridized carbons (Fsp3) is 1.00. The zero-order chi connectivity index (χ0) is 15.7. The minimum absolute atomic E-state index is 0.135. The van der Waals surface area contributed by atoms with Crippen LogP contribution in [0.25, 0.3) is 0 Å². The Bertz CT molecular complexity index is 338. The minimum atomic E-state index is -0.149. The van der Waals surface area contributed by atoms with Gasteiger partial charge in [0.2, 0.25) is 0 Å². The molecule has 2 aliphatic rings. The van der Waals surface area contributed by atoms with Crippen molar-refractivity contribution in [3.63, 3.8) is 0 Å². The molecule has 4 heteroatoms. The highest BCUT2D eigenvalue weighted by molar-refractivity contribution is 5.06. The molecule has 2 N–H and O–H groups in total. The monoisotopic (exact) mass is 298 g/mol. The fourth-order valence-electron chi connectivity index (χ4n) is 4.65. The molecule has 4 nitrogen and oxygen atoms in total. The summed E-state index contributed by atoms with van der Waals surface area (Å²) in [5.41, 5.74) is -0.285. The van der Waals surface area contributed by atoms with E-state index in [1.165, 1.54) is 25.7 Å². The van der Waals surface area contributed by atoms with Gasteiger partial charge in [-0.1, -0.05) is 12.8 Å². The predicted octanol–water partition coefficient (Wildman–Crippen LogP) is 2.01. The van der Waals surface area contributed by atoms with Crippen LogP contribution in [0.1, 0.15) is 53.4 Å². The molecule has 0 aromatic heterocycles. The molecule has 21 heavy (non-hydrogen) atoms. The first-order chi connectivity index (χ1) is 9.81. The van der Waals surface area contributed by atoms with E-state index >= 15 is 0 Å². The van der Waals surface area contributed by atoms with E-state index in [0.717, 1.165) is 13.1 Å². The average molecular weight is 298 g/mol. The Morgan fingerprint density at radius 1 is 1.14 bits per heavy atom. The average Bonchev–Trinajstić information content (AvgIpc) is 2.94. The Morgan fingerprint density at radius 2 is 1.76 bits per heavy atom. The summed E-state index contributed by atoms with van der Waals surface area (Å²) in [6, 6.07) is 0.990. The minimum Gasteiger partial charge on any atom is -0.395 e. The molecular weight excluding hydrogens is 264 g/mol. The topological polar surface area (TPSA) is 44.7 Å². The van der Waals surface area contributed by atoms with Gasteiger partial charge in [-0.05, 0) is 47.6 Å². The largest absolute Gasteiger partial charge is 0.395 e. The first-order valence-electron chi connectivity index (χ1n) is 8.54. The highest BCUT2D eigenvalue weighted by Gasteiger charge is 2.53. The molecule has 1 saturated heterocycles. The van der Waals surface area contributed by atoms with Crippen LogP contribution in [-0.4, -0.2) is 60.0 Å². The third-order valence-electron chi connectivity index (χ3n) is 5.54. The Morgan fingerprint density at radius 3 is 2.29 bits per heavy atom. The molecule has 0 radical (unpaired) electrons. The van der Waals surface area contributed by atoms with E-state index in [0.29, 0.717) is 18.0 Å². The van der Waals surface area contributed by atoms with Crippen molar-refractivity contribution in [1.82, 2.24) is 10.2 Å². The summed E-state index contributed by atoms with van der Waals surface area (Å²) in [5.74, 6) is 0.435. The summed E-state index contributed by atoms with van der Waals surface area (Å²) >= 11 is 0. The SMILES string of the molecule is CNC1C(CN(CCO)C2CCCC2)C(C)(C)OC1(C)C. The lowest BCUT2D eigenvalue weighted by molar-refractivity contribution is -0.0803. The van der Waals surface area contributed by atoms with Gasteiger partial charge < -0.3 is 15.2 Å². The lowest BCUT2D eigenvalue weighted by Gasteiger charge is -2.37.